The van der Waals surface area contributed by atoms with Gasteiger partial charge in [0, 0.05) is 10.6 Å². The topological polar surface area (TPSA) is 47.9 Å². The van der Waals surface area contributed by atoms with Crippen LogP contribution in [-0.4, -0.2) is 21.1 Å². The zero-order valence-corrected chi connectivity index (χ0v) is 11.7. The zero-order chi connectivity index (χ0) is 14.0. The lowest BCUT2D eigenvalue weighted by molar-refractivity contribution is 0.222. The second kappa shape index (κ2) is 5.67. The van der Waals surface area contributed by atoms with E-state index in [2.05, 4.69) is 15.0 Å². The number of ether oxygens (including phenoxy) is 1. The minimum atomic E-state index is -0.481. The first-order valence-electron chi connectivity index (χ1n) is 5.49. The third kappa shape index (κ3) is 3.75. The van der Waals surface area contributed by atoms with Gasteiger partial charge in [-0.05, 0) is 43.6 Å². The van der Waals surface area contributed by atoms with Crippen LogP contribution in [0.4, 0.5) is 4.39 Å². The largest absolute Gasteiger partial charge is 0.461 e. The van der Waals surface area contributed by atoms with Crippen LogP contribution in [0.5, 0.6) is 6.01 Å². The predicted molar refractivity (Wildman–Crippen MR) is 71.0 cm³/mol. The van der Waals surface area contributed by atoms with Gasteiger partial charge in [0.25, 0.3) is 0 Å². The lowest BCUT2D eigenvalue weighted by atomic mass is 10.2. The molecule has 0 fully saturated rings. The summed E-state index contributed by atoms with van der Waals surface area (Å²) in [6.45, 7) is 3.66. The maximum atomic E-state index is 13.3. The van der Waals surface area contributed by atoms with Gasteiger partial charge in [0.1, 0.15) is 5.82 Å². The van der Waals surface area contributed by atoms with E-state index in [0.29, 0.717) is 5.56 Å². The maximum absolute atomic E-state index is 13.3. The molecule has 0 N–H and O–H groups in total. The SMILES string of the molecule is CC(C)Oc1nc(Cl)nc(-c2cc(F)cc(Cl)c2)n1. The van der Waals surface area contributed by atoms with Gasteiger partial charge in [-0.3, -0.25) is 0 Å². The van der Waals surface area contributed by atoms with E-state index in [1.165, 1.54) is 18.2 Å². The van der Waals surface area contributed by atoms with Crippen molar-refractivity contribution in [3.63, 3.8) is 0 Å². The first-order chi connectivity index (χ1) is 8.94. The van der Waals surface area contributed by atoms with E-state index < -0.39 is 5.82 Å². The summed E-state index contributed by atoms with van der Waals surface area (Å²) in [4.78, 5) is 11.8. The quantitative estimate of drug-likeness (QED) is 0.866. The Hall–Kier alpha value is -1.46. The summed E-state index contributed by atoms with van der Waals surface area (Å²) >= 11 is 11.6. The molecule has 0 aliphatic rings. The summed E-state index contributed by atoms with van der Waals surface area (Å²) in [5, 5.41) is 0.221. The van der Waals surface area contributed by atoms with Gasteiger partial charge < -0.3 is 4.74 Å². The molecule has 0 spiro atoms. The molecular formula is C12H10Cl2FN3O. The van der Waals surface area contributed by atoms with Crippen LogP contribution in [-0.2, 0) is 0 Å². The van der Waals surface area contributed by atoms with Crippen LogP contribution >= 0.6 is 23.2 Å². The highest BCUT2D eigenvalue weighted by atomic mass is 35.5. The Balaban J connectivity index is 2.46. The summed E-state index contributed by atoms with van der Waals surface area (Å²) < 4.78 is 18.6. The first-order valence-corrected chi connectivity index (χ1v) is 6.24. The average Bonchev–Trinajstić information content (AvgIpc) is 2.25. The van der Waals surface area contributed by atoms with Gasteiger partial charge in [-0.25, -0.2) is 4.39 Å². The van der Waals surface area contributed by atoms with Crippen molar-refractivity contribution in [2.45, 2.75) is 20.0 Å². The Morgan fingerprint density at radius 1 is 1.11 bits per heavy atom. The van der Waals surface area contributed by atoms with Crippen LogP contribution < -0.4 is 4.74 Å². The van der Waals surface area contributed by atoms with E-state index >= 15 is 0 Å². The number of aromatic nitrogens is 3. The Labute approximate surface area is 119 Å². The second-order valence-corrected chi connectivity index (χ2v) is 4.81. The summed E-state index contributed by atoms with van der Waals surface area (Å²) in [5.74, 6) is -0.276. The molecule has 0 bridgehead atoms. The normalized spacial score (nSPS) is 10.8. The van der Waals surface area contributed by atoms with E-state index in [1.54, 1.807) is 0 Å². The molecule has 7 heteroatoms. The van der Waals surface area contributed by atoms with Crippen molar-refractivity contribution in [2.75, 3.05) is 0 Å². The second-order valence-electron chi connectivity index (χ2n) is 4.04. The summed E-state index contributed by atoms with van der Waals surface area (Å²) in [7, 11) is 0. The van der Waals surface area contributed by atoms with E-state index in [1.807, 2.05) is 13.8 Å². The molecule has 0 aliphatic carbocycles. The predicted octanol–water partition coefficient (Wildman–Crippen LogP) is 3.77. The van der Waals surface area contributed by atoms with E-state index in [4.69, 9.17) is 27.9 Å². The fraction of sp³-hybridized carbons (Fsp3) is 0.250. The fourth-order valence-corrected chi connectivity index (χ4v) is 1.78. The minimum Gasteiger partial charge on any atom is -0.461 e. The summed E-state index contributed by atoms with van der Waals surface area (Å²) in [5.41, 5.74) is 0.405. The number of nitrogens with zero attached hydrogens (tertiary/aromatic N) is 3. The van der Waals surface area contributed by atoms with Gasteiger partial charge in [-0.2, -0.15) is 15.0 Å². The first kappa shape index (κ1) is 14.0. The van der Waals surface area contributed by atoms with Gasteiger partial charge in [0.05, 0.1) is 6.10 Å². The van der Waals surface area contributed by atoms with Crippen molar-refractivity contribution in [1.29, 1.82) is 0 Å². The van der Waals surface area contributed by atoms with Crippen LogP contribution in [0.15, 0.2) is 18.2 Å². The highest BCUT2D eigenvalue weighted by Gasteiger charge is 2.11. The molecule has 0 saturated heterocycles. The molecule has 0 unspecified atom stereocenters. The molecule has 0 atom stereocenters. The number of hydrogen-bond donors (Lipinski definition) is 0. The molecule has 0 aliphatic heterocycles. The minimum absolute atomic E-state index is 0.0268. The Kier molecular flexibility index (Phi) is 4.17. The molecule has 0 saturated carbocycles. The van der Waals surface area contributed by atoms with Gasteiger partial charge in [0.2, 0.25) is 5.28 Å². The van der Waals surface area contributed by atoms with E-state index in [9.17, 15) is 4.39 Å². The molecule has 4 nitrogen and oxygen atoms in total. The highest BCUT2D eigenvalue weighted by molar-refractivity contribution is 6.30. The highest BCUT2D eigenvalue weighted by Crippen LogP contribution is 2.23. The molecule has 1 heterocycles. The van der Waals surface area contributed by atoms with Crippen LogP contribution in [0.2, 0.25) is 10.3 Å². The molecule has 1 aromatic carbocycles. The van der Waals surface area contributed by atoms with E-state index in [-0.39, 0.29) is 28.2 Å². The van der Waals surface area contributed by atoms with Crippen molar-refractivity contribution < 1.29 is 9.13 Å². The maximum Gasteiger partial charge on any atom is 0.321 e. The van der Waals surface area contributed by atoms with Crippen molar-refractivity contribution in [3.05, 3.63) is 34.3 Å². The van der Waals surface area contributed by atoms with E-state index in [0.717, 1.165) is 0 Å². The van der Waals surface area contributed by atoms with Gasteiger partial charge in [0.15, 0.2) is 5.82 Å². The average molecular weight is 302 g/mol. The number of rotatable bonds is 3. The van der Waals surface area contributed by atoms with Gasteiger partial charge >= 0.3 is 6.01 Å². The van der Waals surface area contributed by atoms with Crippen molar-refractivity contribution in [3.8, 4) is 17.4 Å². The number of benzene rings is 1. The molecule has 100 valence electrons. The Morgan fingerprint density at radius 3 is 2.47 bits per heavy atom. The molecule has 2 rings (SSSR count). The van der Waals surface area contributed by atoms with Gasteiger partial charge in [-0.15, -0.1) is 0 Å². The molecule has 0 radical (unpaired) electrons. The van der Waals surface area contributed by atoms with Crippen molar-refractivity contribution in [2.24, 2.45) is 0 Å². The summed E-state index contributed by atoms with van der Waals surface area (Å²) in [6.07, 6.45) is -0.109. The Bertz CT molecular complexity index is 587. The zero-order valence-electron chi connectivity index (χ0n) is 10.2. The molecule has 1 aromatic heterocycles. The molecule has 2 aromatic rings. The number of hydrogen-bond acceptors (Lipinski definition) is 4. The fourth-order valence-electron chi connectivity index (χ4n) is 1.41. The molecule has 19 heavy (non-hydrogen) atoms. The van der Waals surface area contributed by atoms with Crippen LogP contribution in [0, 0.1) is 5.82 Å². The summed E-state index contributed by atoms with van der Waals surface area (Å²) in [6, 6.07) is 4.08. The van der Waals surface area contributed by atoms with Crippen molar-refractivity contribution >= 4 is 23.2 Å². The third-order valence-corrected chi connectivity index (χ3v) is 2.44. The smallest absolute Gasteiger partial charge is 0.321 e. The third-order valence-electron chi connectivity index (χ3n) is 2.05. The lowest BCUT2D eigenvalue weighted by Crippen LogP contribution is -2.09. The van der Waals surface area contributed by atoms with Crippen LogP contribution in [0.1, 0.15) is 13.8 Å². The van der Waals surface area contributed by atoms with Crippen molar-refractivity contribution in [1.82, 2.24) is 15.0 Å². The van der Waals surface area contributed by atoms with Gasteiger partial charge in [-0.1, -0.05) is 11.6 Å². The molecule has 0 amide bonds. The van der Waals surface area contributed by atoms with Crippen LogP contribution in [0.3, 0.4) is 0 Å². The lowest BCUT2D eigenvalue weighted by Gasteiger charge is -2.09. The molecular weight excluding hydrogens is 292 g/mol. The standard InChI is InChI=1S/C12H10Cl2FN3O/c1-6(2)19-12-17-10(16-11(14)18-12)7-3-8(13)5-9(15)4-7/h3-6H,1-2H3. The Morgan fingerprint density at radius 2 is 1.84 bits per heavy atom. The number of halogens is 3. The van der Waals surface area contributed by atoms with Crippen LogP contribution in [0.25, 0.3) is 11.4 Å². The monoisotopic (exact) mass is 301 g/mol.